The van der Waals surface area contributed by atoms with Crippen LogP contribution in [0.25, 0.3) is 11.3 Å². The third-order valence-corrected chi connectivity index (χ3v) is 4.88. The summed E-state index contributed by atoms with van der Waals surface area (Å²) in [6, 6.07) is 12.7. The molecule has 3 aromatic rings. The average Bonchev–Trinajstić information content (AvgIpc) is 2.68. The number of hydrogen-bond donors (Lipinski definition) is 3. The van der Waals surface area contributed by atoms with Crippen molar-refractivity contribution in [2.45, 2.75) is 24.5 Å². The van der Waals surface area contributed by atoms with E-state index in [4.69, 9.17) is 5.73 Å². The van der Waals surface area contributed by atoms with Crippen LogP contribution in [0.4, 0.5) is 10.2 Å². The number of aliphatic hydroxyl groups excluding tert-OH is 1. The van der Waals surface area contributed by atoms with Crippen molar-refractivity contribution in [3.8, 4) is 11.3 Å². The first kappa shape index (κ1) is 18.0. The molecule has 1 aromatic carbocycles. The molecule has 0 bridgehead atoms. The van der Waals surface area contributed by atoms with Gasteiger partial charge in [-0.2, -0.15) is 0 Å². The average molecular weight is 379 g/mol. The number of halogens is 1. The quantitative estimate of drug-likeness (QED) is 0.626. The molecule has 2 aromatic heterocycles. The molecule has 7 nitrogen and oxygen atoms in total. The number of amides is 1. The van der Waals surface area contributed by atoms with Gasteiger partial charge in [-0.25, -0.2) is 4.39 Å². The number of nitrogens with zero attached hydrogens (tertiary/aromatic N) is 3. The Balaban J connectivity index is 1.60. The Morgan fingerprint density at radius 1 is 1.18 bits per heavy atom. The van der Waals surface area contributed by atoms with Gasteiger partial charge in [0, 0.05) is 30.2 Å². The first-order valence-electron chi connectivity index (χ1n) is 8.78. The third-order valence-electron chi connectivity index (χ3n) is 4.88. The Hall–Kier alpha value is -3.39. The number of primary amides is 1. The Morgan fingerprint density at radius 3 is 2.61 bits per heavy atom. The number of nitrogens with one attached hydrogen (secondary N) is 1. The molecule has 1 aliphatic rings. The van der Waals surface area contributed by atoms with E-state index in [2.05, 4.69) is 20.5 Å². The fourth-order valence-electron chi connectivity index (χ4n) is 3.43. The number of pyridine rings is 1. The SMILES string of the molecule is NC(=O)c1ccc(F)c(-c2ccc(NC3(c4ccccn4)CC(O)C3)nn2)c1. The van der Waals surface area contributed by atoms with E-state index in [9.17, 15) is 14.3 Å². The van der Waals surface area contributed by atoms with Crippen LogP contribution >= 0.6 is 0 Å². The van der Waals surface area contributed by atoms with Gasteiger partial charge in [-0.1, -0.05) is 6.07 Å². The summed E-state index contributed by atoms with van der Waals surface area (Å²) < 4.78 is 14.1. The van der Waals surface area contributed by atoms with Crippen molar-refractivity contribution in [3.05, 3.63) is 71.8 Å². The maximum atomic E-state index is 14.1. The van der Waals surface area contributed by atoms with Crippen molar-refractivity contribution in [1.29, 1.82) is 0 Å². The summed E-state index contributed by atoms with van der Waals surface area (Å²) in [7, 11) is 0. The van der Waals surface area contributed by atoms with Crippen LogP contribution in [0.1, 0.15) is 28.9 Å². The summed E-state index contributed by atoms with van der Waals surface area (Å²) in [5, 5.41) is 21.3. The van der Waals surface area contributed by atoms with Gasteiger partial charge in [-0.15, -0.1) is 10.2 Å². The molecule has 4 N–H and O–H groups in total. The van der Waals surface area contributed by atoms with Crippen LogP contribution in [0.3, 0.4) is 0 Å². The highest BCUT2D eigenvalue weighted by Crippen LogP contribution is 2.43. The van der Waals surface area contributed by atoms with Crippen LogP contribution in [-0.4, -0.2) is 32.3 Å². The number of carbonyl (C=O) groups is 1. The monoisotopic (exact) mass is 379 g/mol. The highest BCUT2D eigenvalue weighted by molar-refractivity contribution is 5.94. The Labute approximate surface area is 160 Å². The lowest BCUT2D eigenvalue weighted by Gasteiger charge is -2.45. The lowest BCUT2D eigenvalue weighted by molar-refractivity contribution is 0.0296. The number of hydrogen-bond acceptors (Lipinski definition) is 6. The first-order chi connectivity index (χ1) is 13.5. The zero-order chi connectivity index (χ0) is 19.7. The lowest BCUT2D eigenvalue weighted by atomic mass is 9.71. The molecular weight excluding hydrogens is 361 g/mol. The smallest absolute Gasteiger partial charge is 0.248 e. The molecule has 2 heterocycles. The molecule has 4 rings (SSSR count). The number of benzene rings is 1. The molecule has 0 spiro atoms. The number of aromatic nitrogens is 3. The van der Waals surface area contributed by atoms with Crippen LogP contribution in [-0.2, 0) is 5.54 Å². The summed E-state index contributed by atoms with van der Waals surface area (Å²) in [6.45, 7) is 0. The van der Waals surface area contributed by atoms with E-state index in [1.807, 2.05) is 18.2 Å². The number of carbonyl (C=O) groups excluding carboxylic acids is 1. The zero-order valence-electron chi connectivity index (χ0n) is 14.8. The molecular formula is C20H18FN5O2. The van der Waals surface area contributed by atoms with Crippen molar-refractivity contribution >= 4 is 11.7 Å². The van der Waals surface area contributed by atoms with Gasteiger partial charge in [-0.05, 0) is 42.5 Å². The van der Waals surface area contributed by atoms with Crippen LogP contribution < -0.4 is 11.1 Å². The molecule has 0 atom stereocenters. The van der Waals surface area contributed by atoms with Gasteiger partial charge in [0.1, 0.15) is 11.6 Å². The minimum Gasteiger partial charge on any atom is -0.393 e. The molecule has 1 fully saturated rings. The van der Waals surface area contributed by atoms with Gasteiger partial charge in [0.2, 0.25) is 5.91 Å². The second-order valence-corrected chi connectivity index (χ2v) is 6.85. The maximum Gasteiger partial charge on any atom is 0.248 e. The van der Waals surface area contributed by atoms with E-state index >= 15 is 0 Å². The Kier molecular flexibility index (Phi) is 4.48. The molecule has 0 saturated heterocycles. The van der Waals surface area contributed by atoms with Crippen molar-refractivity contribution in [3.63, 3.8) is 0 Å². The summed E-state index contributed by atoms with van der Waals surface area (Å²) >= 11 is 0. The summed E-state index contributed by atoms with van der Waals surface area (Å²) in [6.07, 6.45) is 2.30. The molecule has 8 heteroatoms. The van der Waals surface area contributed by atoms with Crippen molar-refractivity contribution in [1.82, 2.24) is 15.2 Å². The lowest BCUT2D eigenvalue weighted by Crippen LogP contribution is -2.51. The molecule has 1 saturated carbocycles. The van der Waals surface area contributed by atoms with E-state index in [0.29, 0.717) is 18.7 Å². The summed E-state index contributed by atoms with van der Waals surface area (Å²) in [5.41, 5.74) is 6.17. The standard InChI is InChI=1S/C20H18FN5O2/c21-15-5-4-12(19(22)28)9-14(15)16-6-7-18(26-25-16)24-20(10-13(27)11-20)17-3-1-2-8-23-17/h1-9,13,27H,10-11H2,(H2,22,28)(H,24,26). The van der Waals surface area contributed by atoms with E-state index in [-0.39, 0.29) is 16.8 Å². The summed E-state index contributed by atoms with van der Waals surface area (Å²) in [5.74, 6) is -0.687. The van der Waals surface area contributed by atoms with E-state index in [1.165, 1.54) is 18.2 Å². The van der Waals surface area contributed by atoms with E-state index in [1.54, 1.807) is 18.3 Å². The van der Waals surface area contributed by atoms with Crippen LogP contribution in [0.2, 0.25) is 0 Å². The van der Waals surface area contributed by atoms with Gasteiger partial charge in [0.05, 0.1) is 23.0 Å². The largest absolute Gasteiger partial charge is 0.393 e. The van der Waals surface area contributed by atoms with Crippen molar-refractivity contribution < 1.29 is 14.3 Å². The van der Waals surface area contributed by atoms with Gasteiger partial charge < -0.3 is 16.2 Å². The van der Waals surface area contributed by atoms with Crippen molar-refractivity contribution in [2.24, 2.45) is 5.73 Å². The number of rotatable bonds is 5. The predicted molar refractivity (Wildman–Crippen MR) is 101 cm³/mol. The molecule has 142 valence electrons. The second kappa shape index (κ2) is 6.97. The number of anilines is 1. The van der Waals surface area contributed by atoms with E-state index < -0.39 is 23.4 Å². The summed E-state index contributed by atoms with van der Waals surface area (Å²) in [4.78, 5) is 15.7. The highest BCUT2D eigenvalue weighted by Gasteiger charge is 2.46. The van der Waals surface area contributed by atoms with Crippen LogP contribution in [0.5, 0.6) is 0 Å². The molecule has 0 unspecified atom stereocenters. The Bertz CT molecular complexity index is 1000. The van der Waals surface area contributed by atoms with E-state index in [0.717, 1.165) is 5.69 Å². The fraction of sp³-hybridized carbons (Fsp3) is 0.200. The Morgan fingerprint density at radius 2 is 2.00 bits per heavy atom. The van der Waals surface area contributed by atoms with Gasteiger partial charge in [0.25, 0.3) is 0 Å². The normalized spacial score (nSPS) is 21.0. The second-order valence-electron chi connectivity index (χ2n) is 6.85. The van der Waals surface area contributed by atoms with Crippen molar-refractivity contribution in [2.75, 3.05) is 5.32 Å². The first-order valence-corrected chi connectivity index (χ1v) is 8.78. The minimum atomic E-state index is -0.645. The maximum absolute atomic E-state index is 14.1. The fourth-order valence-corrected chi connectivity index (χ4v) is 3.43. The molecule has 1 amide bonds. The molecule has 0 aliphatic heterocycles. The topological polar surface area (TPSA) is 114 Å². The van der Waals surface area contributed by atoms with Gasteiger partial charge in [0.15, 0.2) is 0 Å². The molecule has 1 aliphatic carbocycles. The van der Waals surface area contributed by atoms with Gasteiger partial charge >= 0.3 is 0 Å². The molecule has 28 heavy (non-hydrogen) atoms. The van der Waals surface area contributed by atoms with Crippen LogP contribution in [0, 0.1) is 5.82 Å². The van der Waals surface area contributed by atoms with Gasteiger partial charge in [-0.3, -0.25) is 9.78 Å². The number of nitrogens with two attached hydrogens (primary N) is 1. The predicted octanol–water partition coefficient (Wildman–Crippen LogP) is 2.24. The highest BCUT2D eigenvalue weighted by atomic mass is 19.1. The van der Waals surface area contributed by atoms with Crippen LogP contribution in [0.15, 0.2) is 54.7 Å². The molecule has 0 radical (unpaired) electrons. The zero-order valence-corrected chi connectivity index (χ0v) is 14.8. The minimum absolute atomic E-state index is 0.147. The third kappa shape index (κ3) is 3.29. The number of aliphatic hydroxyl groups is 1.